The van der Waals surface area contributed by atoms with E-state index in [0.29, 0.717) is 50.7 Å². The molecule has 2 aromatic heterocycles. The summed E-state index contributed by atoms with van der Waals surface area (Å²) >= 11 is 7.23. The van der Waals surface area contributed by atoms with Crippen molar-refractivity contribution in [2.75, 3.05) is 25.5 Å². The Morgan fingerprint density at radius 1 is 1.00 bits per heavy atom. The van der Waals surface area contributed by atoms with Crippen LogP contribution in [0.25, 0.3) is 22.6 Å². The Hall–Kier alpha value is -5.77. The Morgan fingerprint density at radius 3 is 2.32 bits per heavy atom. The van der Waals surface area contributed by atoms with E-state index in [1.165, 1.54) is 18.0 Å². The molecule has 4 N–H and O–H groups in total. The van der Waals surface area contributed by atoms with Gasteiger partial charge in [-0.2, -0.15) is 10.5 Å². The van der Waals surface area contributed by atoms with Crippen LogP contribution in [0.5, 0.6) is 5.75 Å². The van der Waals surface area contributed by atoms with Crippen LogP contribution < -0.4 is 21.1 Å². The van der Waals surface area contributed by atoms with Gasteiger partial charge >= 0.3 is 12.1 Å². The maximum Gasteiger partial charge on any atom is 0.407 e. The molecule has 0 aliphatic rings. The van der Waals surface area contributed by atoms with Gasteiger partial charge in [0.2, 0.25) is 11.8 Å². The minimum atomic E-state index is -0.862. The van der Waals surface area contributed by atoms with Gasteiger partial charge in [-0.15, -0.1) is 0 Å². The van der Waals surface area contributed by atoms with Crippen LogP contribution >= 0.6 is 23.4 Å². The van der Waals surface area contributed by atoms with Crippen LogP contribution in [0.2, 0.25) is 5.02 Å². The number of rotatable bonds is 17. The number of oxazole rings is 1. The molecule has 0 unspecified atom stereocenters. The third kappa shape index (κ3) is 12.9. The van der Waals surface area contributed by atoms with E-state index in [0.717, 1.165) is 5.56 Å². The van der Waals surface area contributed by atoms with Gasteiger partial charge in [-0.25, -0.2) is 19.6 Å². The molecule has 0 bridgehead atoms. The molecular formula is C40H43ClN7O7S. The number of ether oxygens (including phenoxy) is 3. The van der Waals surface area contributed by atoms with Gasteiger partial charge in [-0.05, 0) is 75.1 Å². The number of nitrogens with zero attached hydrogens (tertiary/aromatic N) is 4. The number of aromatic nitrogens is 2. The molecule has 2 amide bonds. The quantitative estimate of drug-likeness (QED) is 0.0546. The predicted octanol–water partition coefficient (Wildman–Crippen LogP) is 7.25. The molecule has 0 saturated carbocycles. The molecule has 2 aromatic carbocycles. The van der Waals surface area contributed by atoms with E-state index in [-0.39, 0.29) is 49.0 Å². The topological polar surface area (TPSA) is 215 Å². The van der Waals surface area contributed by atoms with Gasteiger partial charge in [0.15, 0.2) is 0 Å². The standard InChI is InChI=1S/C40H43ClN7O7S/c1-24(2)19-32(47-33(49)15-16-45-39(51)55-40(3,4)5)38(50)53-18-6-17-52-29-13-9-25(10-14-29)34-30(20-42)35(44)48-37(31(34)21-43)56-23-28-22-54-36(46-28)26-7-11-27(41)12-8-26/h6-14,22,24,32H,15-19,23H2,1-5H3,(H2,44,48)(H,45,51)(H,47,49)/t32-/m0/s1. The number of thioether (sulfide) groups is 1. The highest BCUT2D eigenvalue weighted by molar-refractivity contribution is 7.98. The predicted molar refractivity (Wildman–Crippen MR) is 211 cm³/mol. The molecule has 293 valence electrons. The third-order valence-electron chi connectivity index (χ3n) is 7.62. The molecule has 0 spiro atoms. The van der Waals surface area contributed by atoms with Gasteiger partial charge in [0.05, 0.1) is 24.5 Å². The lowest BCUT2D eigenvalue weighted by molar-refractivity contribution is -0.147. The van der Waals surface area contributed by atoms with Gasteiger partial charge in [0.1, 0.15) is 52.2 Å². The van der Waals surface area contributed by atoms with Crippen molar-refractivity contribution in [2.45, 2.75) is 69.9 Å². The van der Waals surface area contributed by atoms with Crippen molar-refractivity contribution in [2.24, 2.45) is 5.92 Å². The Bertz CT molecular complexity index is 2070. The fourth-order valence-electron chi connectivity index (χ4n) is 5.14. The van der Waals surface area contributed by atoms with E-state index >= 15 is 0 Å². The molecule has 0 fully saturated rings. The number of carbonyl (C=O) groups excluding carboxylic acids is 3. The molecule has 14 nitrogen and oxygen atoms in total. The van der Waals surface area contributed by atoms with Crippen molar-refractivity contribution in [3.8, 4) is 40.5 Å². The second-order valence-corrected chi connectivity index (χ2v) is 15.2. The van der Waals surface area contributed by atoms with Crippen LogP contribution in [0.1, 0.15) is 64.3 Å². The van der Waals surface area contributed by atoms with Crippen molar-refractivity contribution < 1.29 is 33.0 Å². The molecule has 1 radical (unpaired) electrons. The molecule has 4 rings (SSSR count). The summed E-state index contributed by atoms with van der Waals surface area (Å²) in [5.74, 6) is 0.310. The van der Waals surface area contributed by atoms with Gasteiger partial charge in [-0.1, -0.05) is 49.3 Å². The van der Waals surface area contributed by atoms with Crippen molar-refractivity contribution >= 4 is 47.2 Å². The van der Waals surface area contributed by atoms with Gasteiger partial charge < -0.3 is 35.0 Å². The normalized spacial score (nSPS) is 11.6. The fraction of sp³-hybridized carbons (Fsp3) is 0.350. The minimum Gasteiger partial charge on any atom is -0.493 e. The molecule has 16 heteroatoms. The first-order valence-electron chi connectivity index (χ1n) is 17.6. The van der Waals surface area contributed by atoms with Crippen LogP contribution in [-0.2, 0) is 24.8 Å². The lowest BCUT2D eigenvalue weighted by atomic mass is 9.97. The maximum atomic E-state index is 12.8. The number of carbonyl (C=O) groups is 3. The van der Waals surface area contributed by atoms with Crippen LogP contribution in [0.3, 0.4) is 0 Å². The average Bonchev–Trinajstić information content (AvgIpc) is 3.62. The van der Waals surface area contributed by atoms with Crippen LogP contribution in [0.4, 0.5) is 10.6 Å². The summed E-state index contributed by atoms with van der Waals surface area (Å²) in [7, 11) is 0. The Labute approximate surface area is 335 Å². The van der Waals surface area contributed by atoms with Crippen molar-refractivity contribution in [1.82, 2.24) is 20.6 Å². The summed E-state index contributed by atoms with van der Waals surface area (Å²) in [6.07, 6.45) is 2.84. The summed E-state index contributed by atoms with van der Waals surface area (Å²) in [4.78, 5) is 46.0. The van der Waals surface area contributed by atoms with Crippen LogP contribution in [0.15, 0.2) is 64.2 Å². The van der Waals surface area contributed by atoms with Gasteiger partial charge in [-0.3, -0.25) is 4.79 Å². The second-order valence-electron chi connectivity index (χ2n) is 13.8. The highest BCUT2D eigenvalue weighted by atomic mass is 35.5. The lowest BCUT2D eigenvalue weighted by Gasteiger charge is -2.20. The molecule has 2 heterocycles. The Balaban J connectivity index is 1.30. The van der Waals surface area contributed by atoms with E-state index < -0.39 is 29.6 Å². The molecule has 56 heavy (non-hydrogen) atoms. The number of benzene rings is 2. The number of nitrogens with two attached hydrogens (primary N) is 1. The number of anilines is 1. The van der Waals surface area contributed by atoms with E-state index in [4.69, 9.17) is 36.0 Å². The van der Waals surface area contributed by atoms with E-state index in [1.807, 2.05) is 13.8 Å². The number of alkyl carbamates (subject to hydrolysis) is 1. The van der Waals surface area contributed by atoms with E-state index in [2.05, 4.69) is 32.7 Å². The molecule has 1 atom stereocenters. The number of nitriles is 2. The smallest absolute Gasteiger partial charge is 0.407 e. The summed E-state index contributed by atoms with van der Waals surface area (Å²) < 4.78 is 22.0. The molecule has 0 aliphatic heterocycles. The number of esters is 1. The SMILES string of the molecule is CC(C)C[C@H](NC(=O)CCNC(=O)OC(C)(C)C)C(=O)OC[CH]COc1ccc(-c2c(C#N)c(N)nc(SCc3coc(-c4ccc(Cl)cc4)n3)c2C#N)cc1. The van der Waals surface area contributed by atoms with E-state index in [9.17, 15) is 24.9 Å². The first-order chi connectivity index (χ1) is 26.7. The number of hydrogen-bond acceptors (Lipinski definition) is 13. The molecular weight excluding hydrogens is 758 g/mol. The van der Waals surface area contributed by atoms with Crippen LogP contribution in [-0.4, -0.2) is 59.3 Å². The zero-order valence-electron chi connectivity index (χ0n) is 31.7. The largest absolute Gasteiger partial charge is 0.493 e. The molecule has 0 saturated heterocycles. The van der Waals surface area contributed by atoms with Gasteiger partial charge in [0.25, 0.3) is 0 Å². The van der Waals surface area contributed by atoms with Crippen molar-refractivity contribution in [3.63, 3.8) is 0 Å². The van der Waals surface area contributed by atoms with Crippen molar-refractivity contribution in [1.29, 1.82) is 10.5 Å². The summed E-state index contributed by atoms with van der Waals surface area (Å²) in [5.41, 5.74) is 8.10. The number of pyridine rings is 1. The molecule has 0 aliphatic carbocycles. The zero-order valence-corrected chi connectivity index (χ0v) is 33.3. The minimum absolute atomic E-state index is 0.0131. The monoisotopic (exact) mass is 800 g/mol. The number of amides is 2. The van der Waals surface area contributed by atoms with Crippen molar-refractivity contribution in [3.05, 3.63) is 83.1 Å². The average molecular weight is 801 g/mol. The summed E-state index contributed by atoms with van der Waals surface area (Å²) in [6, 6.07) is 17.3. The lowest BCUT2D eigenvalue weighted by Crippen LogP contribution is -2.44. The maximum absolute atomic E-state index is 12.8. The van der Waals surface area contributed by atoms with Crippen LogP contribution in [0, 0.1) is 35.0 Å². The van der Waals surface area contributed by atoms with E-state index in [1.54, 1.807) is 75.7 Å². The number of halogens is 1. The number of hydrogen-bond donors (Lipinski definition) is 3. The fourth-order valence-corrected chi connectivity index (χ4v) is 6.14. The number of nitrogens with one attached hydrogen (secondary N) is 2. The summed E-state index contributed by atoms with van der Waals surface area (Å²) in [5, 5.41) is 26.3. The first kappa shape index (κ1) is 43.0. The zero-order chi connectivity index (χ0) is 40.8. The first-order valence-corrected chi connectivity index (χ1v) is 19.0. The Kier molecular flexibility index (Phi) is 15.5. The van der Waals surface area contributed by atoms with Gasteiger partial charge in [0, 0.05) is 41.3 Å². The summed E-state index contributed by atoms with van der Waals surface area (Å²) in [6.45, 7) is 9.14. The highest BCUT2D eigenvalue weighted by Gasteiger charge is 2.24. The third-order valence-corrected chi connectivity index (χ3v) is 8.88. The Morgan fingerprint density at radius 2 is 1.68 bits per heavy atom. The number of nitrogen functional groups attached to an aromatic ring is 1. The second kappa shape index (κ2) is 20.2. The highest BCUT2D eigenvalue weighted by Crippen LogP contribution is 2.37. The molecule has 4 aromatic rings.